The van der Waals surface area contributed by atoms with E-state index < -0.39 is 11.4 Å². The molecule has 0 radical (unpaired) electrons. The van der Waals surface area contributed by atoms with Crippen LogP contribution in [0.25, 0.3) is 0 Å². The lowest BCUT2D eigenvalue weighted by Crippen LogP contribution is -2.45. The normalized spacial score (nSPS) is 18.9. The summed E-state index contributed by atoms with van der Waals surface area (Å²) in [5, 5.41) is 12.8. The van der Waals surface area contributed by atoms with Crippen molar-refractivity contribution in [1.82, 2.24) is 5.32 Å². The molecule has 1 aromatic carbocycles. The minimum Gasteiger partial charge on any atom is -0.481 e. The second-order valence-electron chi connectivity index (χ2n) is 4.69. The van der Waals surface area contributed by atoms with Crippen LogP contribution in [0.2, 0.25) is 0 Å². The molecule has 0 unspecified atom stereocenters. The van der Waals surface area contributed by atoms with Gasteiger partial charge in [0.15, 0.2) is 0 Å². The first-order valence-corrected chi connectivity index (χ1v) is 6.22. The lowest BCUT2D eigenvalue weighted by molar-refractivity contribution is -0.145. The van der Waals surface area contributed by atoms with E-state index in [0.29, 0.717) is 12.8 Å². The molecular weight excluding hydrogens is 214 g/mol. The number of aliphatic carboxylic acids is 1. The maximum Gasteiger partial charge on any atom is 0.314 e. The van der Waals surface area contributed by atoms with Crippen molar-refractivity contribution in [2.75, 3.05) is 13.1 Å². The van der Waals surface area contributed by atoms with Crippen molar-refractivity contribution in [2.24, 2.45) is 0 Å². The SMILES string of the molecule is CCc1ccc(C2(C(=O)O)CCNCC2)cc1. The standard InChI is InChI=1S/C14H19NO2/c1-2-11-3-5-12(6-4-11)14(13(16)17)7-9-15-10-8-14/h3-6,15H,2,7-10H2,1H3,(H,16,17). The Kier molecular flexibility index (Phi) is 3.48. The third-order valence-corrected chi connectivity index (χ3v) is 3.78. The van der Waals surface area contributed by atoms with E-state index in [4.69, 9.17) is 0 Å². The molecule has 92 valence electrons. The van der Waals surface area contributed by atoms with E-state index in [-0.39, 0.29) is 0 Å². The lowest BCUT2D eigenvalue weighted by atomic mass is 9.73. The number of hydrogen-bond donors (Lipinski definition) is 2. The van der Waals surface area contributed by atoms with E-state index in [1.54, 1.807) is 0 Å². The fourth-order valence-electron chi connectivity index (χ4n) is 2.54. The molecule has 0 aliphatic carbocycles. The third kappa shape index (κ3) is 2.20. The van der Waals surface area contributed by atoms with Gasteiger partial charge in [-0.1, -0.05) is 31.2 Å². The first-order chi connectivity index (χ1) is 8.19. The van der Waals surface area contributed by atoms with Crippen LogP contribution in [0, 0.1) is 0 Å². The Hall–Kier alpha value is -1.35. The predicted molar refractivity (Wildman–Crippen MR) is 67.2 cm³/mol. The Morgan fingerprint density at radius 3 is 2.35 bits per heavy atom. The summed E-state index contributed by atoms with van der Waals surface area (Å²) in [5.41, 5.74) is 1.52. The monoisotopic (exact) mass is 233 g/mol. The molecule has 0 aromatic heterocycles. The van der Waals surface area contributed by atoms with E-state index in [2.05, 4.69) is 12.2 Å². The van der Waals surface area contributed by atoms with E-state index >= 15 is 0 Å². The van der Waals surface area contributed by atoms with Crippen LogP contribution in [0.5, 0.6) is 0 Å². The zero-order valence-corrected chi connectivity index (χ0v) is 10.2. The van der Waals surface area contributed by atoms with Crippen LogP contribution in [0.15, 0.2) is 24.3 Å². The zero-order chi connectivity index (χ0) is 12.3. The Labute approximate surface area is 102 Å². The molecule has 1 heterocycles. The van der Waals surface area contributed by atoms with Crippen molar-refractivity contribution in [1.29, 1.82) is 0 Å². The number of carboxylic acids is 1. The minimum absolute atomic E-state index is 0.674. The van der Waals surface area contributed by atoms with Crippen molar-refractivity contribution in [3.8, 4) is 0 Å². The number of hydrogen-bond acceptors (Lipinski definition) is 2. The molecule has 2 N–H and O–H groups in total. The predicted octanol–water partition coefficient (Wildman–Crippen LogP) is 1.95. The van der Waals surface area contributed by atoms with Crippen molar-refractivity contribution in [3.05, 3.63) is 35.4 Å². The average Bonchev–Trinajstić information content (AvgIpc) is 2.39. The number of benzene rings is 1. The fraction of sp³-hybridized carbons (Fsp3) is 0.500. The lowest BCUT2D eigenvalue weighted by Gasteiger charge is -2.34. The number of piperidine rings is 1. The van der Waals surface area contributed by atoms with Gasteiger partial charge in [0.25, 0.3) is 0 Å². The average molecular weight is 233 g/mol. The number of rotatable bonds is 3. The van der Waals surface area contributed by atoms with Gasteiger partial charge in [-0.25, -0.2) is 0 Å². The summed E-state index contributed by atoms with van der Waals surface area (Å²) < 4.78 is 0. The van der Waals surface area contributed by atoms with Crippen LogP contribution in [-0.2, 0) is 16.6 Å². The first-order valence-electron chi connectivity index (χ1n) is 6.22. The molecular formula is C14H19NO2. The number of nitrogens with one attached hydrogen (secondary N) is 1. The molecule has 1 saturated heterocycles. The largest absolute Gasteiger partial charge is 0.481 e. The summed E-state index contributed by atoms with van der Waals surface area (Å²) in [6.07, 6.45) is 2.34. The molecule has 3 heteroatoms. The van der Waals surface area contributed by atoms with Crippen molar-refractivity contribution in [3.63, 3.8) is 0 Å². The Bertz CT molecular complexity index is 391. The van der Waals surface area contributed by atoms with E-state index in [0.717, 1.165) is 25.1 Å². The van der Waals surface area contributed by atoms with Gasteiger partial charge in [0.1, 0.15) is 0 Å². The Balaban J connectivity index is 2.34. The molecule has 0 atom stereocenters. The van der Waals surface area contributed by atoms with E-state index in [1.165, 1.54) is 5.56 Å². The van der Waals surface area contributed by atoms with Gasteiger partial charge in [0.2, 0.25) is 0 Å². The van der Waals surface area contributed by atoms with Crippen LogP contribution in [0.1, 0.15) is 30.9 Å². The highest BCUT2D eigenvalue weighted by molar-refractivity contribution is 5.81. The molecule has 0 saturated carbocycles. The van der Waals surface area contributed by atoms with Gasteiger partial charge in [0, 0.05) is 0 Å². The van der Waals surface area contributed by atoms with E-state index in [9.17, 15) is 9.90 Å². The molecule has 0 bridgehead atoms. The highest BCUT2D eigenvalue weighted by Gasteiger charge is 2.41. The van der Waals surface area contributed by atoms with Gasteiger partial charge in [-0.3, -0.25) is 4.79 Å². The minimum atomic E-state index is -0.691. The van der Waals surface area contributed by atoms with Gasteiger partial charge in [-0.15, -0.1) is 0 Å². The van der Waals surface area contributed by atoms with Gasteiger partial charge < -0.3 is 10.4 Å². The van der Waals surface area contributed by atoms with Crippen LogP contribution in [0.3, 0.4) is 0 Å². The van der Waals surface area contributed by atoms with Crippen molar-refractivity contribution < 1.29 is 9.90 Å². The topological polar surface area (TPSA) is 49.3 Å². The molecule has 1 aromatic rings. The molecule has 0 spiro atoms. The summed E-state index contributed by atoms with van der Waals surface area (Å²) in [6.45, 7) is 3.66. The second kappa shape index (κ2) is 4.88. The summed E-state index contributed by atoms with van der Waals surface area (Å²) in [4.78, 5) is 11.6. The van der Waals surface area contributed by atoms with Gasteiger partial charge in [0.05, 0.1) is 5.41 Å². The summed E-state index contributed by atoms with van der Waals surface area (Å²) in [6, 6.07) is 8.06. The summed E-state index contributed by atoms with van der Waals surface area (Å²) >= 11 is 0. The Morgan fingerprint density at radius 2 is 1.88 bits per heavy atom. The molecule has 17 heavy (non-hydrogen) atoms. The van der Waals surface area contributed by atoms with Crippen LogP contribution in [0.4, 0.5) is 0 Å². The summed E-state index contributed by atoms with van der Waals surface area (Å²) in [5.74, 6) is -0.691. The fourth-order valence-corrected chi connectivity index (χ4v) is 2.54. The van der Waals surface area contributed by atoms with Gasteiger partial charge in [-0.05, 0) is 43.5 Å². The molecule has 2 rings (SSSR count). The van der Waals surface area contributed by atoms with Crippen molar-refractivity contribution >= 4 is 5.97 Å². The maximum atomic E-state index is 11.6. The van der Waals surface area contributed by atoms with Crippen molar-refractivity contribution in [2.45, 2.75) is 31.6 Å². The molecule has 1 fully saturated rings. The highest BCUT2D eigenvalue weighted by atomic mass is 16.4. The third-order valence-electron chi connectivity index (χ3n) is 3.78. The smallest absolute Gasteiger partial charge is 0.314 e. The second-order valence-corrected chi connectivity index (χ2v) is 4.69. The highest BCUT2D eigenvalue weighted by Crippen LogP contribution is 2.33. The quantitative estimate of drug-likeness (QED) is 0.839. The van der Waals surface area contributed by atoms with Crippen LogP contribution < -0.4 is 5.32 Å². The van der Waals surface area contributed by atoms with Gasteiger partial charge in [-0.2, -0.15) is 0 Å². The van der Waals surface area contributed by atoms with Gasteiger partial charge >= 0.3 is 5.97 Å². The number of aryl methyl sites for hydroxylation is 1. The van der Waals surface area contributed by atoms with E-state index in [1.807, 2.05) is 24.3 Å². The van der Waals surface area contributed by atoms with Crippen LogP contribution >= 0.6 is 0 Å². The summed E-state index contributed by atoms with van der Waals surface area (Å²) in [7, 11) is 0. The molecule has 0 amide bonds. The maximum absolute atomic E-state index is 11.6. The number of carboxylic acid groups (broad SMARTS) is 1. The first kappa shape index (κ1) is 12.1. The number of carbonyl (C=O) groups is 1. The Morgan fingerprint density at radius 1 is 1.29 bits per heavy atom. The van der Waals surface area contributed by atoms with Crippen LogP contribution in [-0.4, -0.2) is 24.2 Å². The zero-order valence-electron chi connectivity index (χ0n) is 10.2. The molecule has 3 nitrogen and oxygen atoms in total. The molecule has 1 aliphatic heterocycles. The molecule has 1 aliphatic rings.